The maximum atomic E-state index is 13.5. The average molecular weight is 657 g/mol. The molecule has 2 saturated heterocycles. The molecule has 250 valence electrons. The summed E-state index contributed by atoms with van der Waals surface area (Å²) >= 11 is 6.01. The smallest absolute Gasteiger partial charge is 0.253 e. The van der Waals surface area contributed by atoms with E-state index < -0.39 is 0 Å². The van der Waals surface area contributed by atoms with Gasteiger partial charge in [0.15, 0.2) is 5.78 Å². The quantitative estimate of drug-likeness (QED) is 0.158. The summed E-state index contributed by atoms with van der Waals surface area (Å²) in [6.45, 7) is 14.6. The number of hydrogen-bond acceptors (Lipinski definition) is 5. The molecule has 0 spiro atoms. The molecular weight excluding hydrogens is 608 g/mol. The van der Waals surface area contributed by atoms with Gasteiger partial charge in [0, 0.05) is 67.0 Å². The lowest BCUT2D eigenvalue weighted by atomic mass is 10.1. The highest BCUT2D eigenvalue weighted by atomic mass is 35.5. The standard InChI is InChI=1S/C37H43ClN4O3.C2H6/c1-25(2)45-35-10-5-9-32-33(37(44)39-20-27-8-4-7-26(3)19-27)23-41(36(32)35)17-6-18-42-30-15-16-31(42)22-40(21-30)24-34(43)28-11-13-29(38)14-12-28;1-2/h4-5,7-14,19,23,25,30-31H,6,15-18,20-22,24H2,1-3H3,(H,39,44);1-2H3. The highest BCUT2D eigenvalue weighted by molar-refractivity contribution is 6.30. The monoisotopic (exact) mass is 656 g/mol. The summed E-state index contributed by atoms with van der Waals surface area (Å²) in [7, 11) is 0. The zero-order valence-corrected chi connectivity index (χ0v) is 29.2. The van der Waals surface area contributed by atoms with Gasteiger partial charge in [0.05, 0.1) is 23.7 Å². The molecule has 1 amide bonds. The molecule has 6 rings (SSSR count). The molecule has 1 N–H and O–H groups in total. The van der Waals surface area contributed by atoms with Crippen LogP contribution in [0.4, 0.5) is 0 Å². The topological polar surface area (TPSA) is 66.8 Å². The highest BCUT2D eigenvalue weighted by Crippen LogP contribution is 2.33. The molecule has 0 radical (unpaired) electrons. The van der Waals surface area contributed by atoms with Gasteiger partial charge in [-0.3, -0.25) is 19.4 Å². The van der Waals surface area contributed by atoms with Gasteiger partial charge in [0.25, 0.3) is 5.91 Å². The first-order valence-electron chi connectivity index (χ1n) is 17.1. The lowest BCUT2D eigenvalue weighted by molar-refractivity contribution is 0.0588. The van der Waals surface area contributed by atoms with Gasteiger partial charge in [0.2, 0.25) is 0 Å². The maximum absolute atomic E-state index is 13.5. The van der Waals surface area contributed by atoms with Crippen LogP contribution in [0.5, 0.6) is 5.75 Å². The van der Waals surface area contributed by atoms with Gasteiger partial charge < -0.3 is 14.6 Å². The molecule has 2 fully saturated rings. The summed E-state index contributed by atoms with van der Waals surface area (Å²) in [6, 6.07) is 22.3. The third-order valence-corrected chi connectivity index (χ3v) is 9.31. The van der Waals surface area contributed by atoms with Crippen LogP contribution in [0.15, 0.2) is 72.9 Å². The molecule has 2 aliphatic rings. The number of rotatable bonds is 12. The molecule has 8 heteroatoms. The molecule has 3 aromatic carbocycles. The minimum absolute atomic E-state index is 0.0241. The van der Waals surface area contributed by atoms with Gasteiger partial charge in [-0.05, 0) is 75.9 Å². The number of ether oxygens (including phenoxy) is 1. The van der Waals surface area contributed by atoms with Gasteiger partial charge in [-0.2, -0.15) is 0 Å². The second kappa shape index (κ2) is 16.0. The van der Waals surface area contributed by atoms with E-state index in [1.165, 1.54) is 18.4 Å². The number of nitrogens with zero attached hydrogens (tertiary/aromatic N) is 3. The molecule has 0 saturated carbocycles. The summed E-state index contributed by atoms with van der Waals surface area (Å²) < 4.78 is 8.43. The van der Waals surface area contributed by atoms with Gasteiger partial charge in [-0.1, -0.05) is 67.4 Å². The Kier molecular flexibility index (Phi) is 11.8. The van der Waals surface area contributed by atoms with Crippen molar-refractivity contribution >= 4 is 34.2 Å². The van der Waals surface area contributed by atoms with Crippen LogP contribution in [0.25, 0.3) is 10.9 Å². The normalized spacial score (nSPS) is 17.9. The number of para-hydroxylation sites is 1. The summed E-state index contributed by atoms with van der Waals surface area (Å²) in [4.78, 5) is 31.4. The Morgan fingerprint density at radius 3 is 2.34 bits per heavy atom. The van der Waals surface area contributed by atoms with Crippen molar-refractivity contribution in [1.29, 1.82) is 0 Å². The molecule has 1 aromatic heterocycles. The van der Waals surface area contributed by atoms with Crippen molar-refractivity contribution in [2.45, 2.75) is 85.2 Å². The molecule has 47 heavy (non-hydrogen) atoms. The Morgan fingerprint density at radius 1 is 0.957 bits per heavy atom. The van der Waals surface area contributed by atoms with Gasteiger partial charge in [-0.15, -0.1) is 0 Å². The molecule has 7 nitrogen and oxygen atoms in total. The van der Waals surface area contributed by atoms with Gasteiger partial charge >= 0.3 is 0 Å². The number of aryl methyl sites for hydroxylation is 2. The number of amides is 1. The Morgan fingerprint density at radius 2 is 1.66 bits per heavy atom. The molecule has 3 heterocycles. The van der Waals surface area contributed by atoms with E-state index in [1.807, 2.05) is 76.4 Å². The van der Waals surface area contributed by atoms with Crippen molar-refractivity contribution in [2.24, 2.45) is 0 Å². The van der Waals surface area contributed by atoms with E-state index >= 15 is 0 Å². The first kappa shape index (κ1) is 34.7. The fourth-order valence-corrected chi connectivity index (χ4v) is 7.18. The summed E-state index contributed by atoms with van der Waals surface area (Å²) in [6.07, 6.45) is 5.32. The number of hydrogen-bond donors (Lipinski definition) is 1. The number of nitrogens with one attached hydrogen (secondary N) is 1. The Labute approximate surface area is 284 Å². The first-order valence-corrected chi connectivity index (χ1v) is 17.5. The summed E-state index contributed by atoms with van der Waals surface area (Å²) in [5.41, 5.74) is 4.62. The van der Waals surface area contributed by atoms with Crippen molar-refractivity contribution in [3.63, 3.8) is 0 Å². The van der Waals surface area contributed by atoms with Crippen molar-refractivity contribution in [2.75, 3.05) is 26.2 Å². The van der Waals surface area contributed by atoms with E-state index in [-0.39, 0.29) is 17.8 Å². The van der Waals surface area contributed by atoms with Crippen molar-refractivity contribution < 1.29 is 14.3 Å². The number of ketones is 1. The lowest BCUT2D eigenvalue weighted by Gasteiger charge is -2.41. The Bertz CT molecular complexity index is 1650. The summed E-state index contributed by atoms with van der Waals surface area (Å²) in [5, 5.41) is 4.69. The predicted octanol–water partition coefficient (Wildman–Crippen LogP) is 7.77. The number of likely N-dealkylation sites (tertiary alicyclic amines) is 1. The van der Waals surface area contributed by atoms with E-state index in [1.54, 1.807) is 12.1 Å². The minimum Gasteiger partial charge on any atom is -0.489 e. The maximum Gasteiger partial charge on any atom is 0.253 e. The summed E-state index contributed by atoms with van der Waals surface area (Å²) in [5.74, 6) is 0.876. The van der Waals surface area contributed by atoms with Crippen LogP contribution in [0, 0.1) is 6.92 Å². The largest absolute Gasteiger partial charge is 0.489 e. The SMILES string of the molecule is CC.Cc1cccc(CNC(=O)c2cn(CCCN3C4CCC3CN(CC(=O)c3ccc(Cl)cc3)C4)c3c(OC(C)C)cccc23)c1. The van der Waals surface area contributed by atoms with E-state index in [0.29, 0.717) is 35.8 Å². The molecule has 2 unspecified atom stereocenters. The fraction of sp³-hybridized carbons (Fsp3) is 0.436. The van der Waals surface area contributed by atoms with E-state index in [0.717, 1.165) is 60.4 Å². The Balaban J connectivity index is 0.00000213. The second-order valence-electron chi connectivity index (χ2n) is 12.8. The molecule has 4 aromatic rings. The lowest BCUT2D eigenvalue weighted by Crippen LogP contribution is -2.54. The molecule has 2 atom stereocenters. The molecular formula is C39H49ClN4O3. The van der Waals surface area contributed by atoms with Crippen molar-refractivity contribution in [3.05, 3.63) is 100 Å². The van der Waals surface area contributed by atoms with Crippen LogP contribution in [0.3, 0.4) is 0 Å². The zero-order chi connectivity index (χ0) is 33.5. The van der Waals surface area contributed by atoms with Crippen LogP contribution >= 0.6 is 11.6 Å². The zero-order valence-electron chi connectivity index (χ0n) is 28.5. The third kappa shape index (κ3) is 8.45. The molecule has 0 aliphatic carbocycles. The van der Waals surface area contributed by atoms with Gasteiger partial charge in [-0.25, -0.2) is 0 Å². The third-order valence-electron chi connectivity index (χ3n) is 9.06. The number of piperazine rings is 1. The highest BCUT2D eigenvalue weighted by Gasteiger charge is 2.39. The number of aromatic nitrogens is 1. The Hall–Kier alpha value is -3.65. The van der Waals surface area contributed by atoms with Crippen molar-refractivity contribution in [1.82, 2.24) is 19.7 Å². The van der Waals surface area contributed by atoms with Gasteiger partial charge in [0.1, 0.15) is 5.75 Å². The minimum atomic E-state index is -0.0794. The number of benzene rings is 3. The van der Waals surface area contributed by atoms with Crippen molar-refractivity contribution in [3.8, 4) is 5.75 Å². The number of fused-ring (bicyclic) bond motifs is 3. The number of carbonyl (C=O) groups is 2. The van der Waals surface area contributed by atoms with Crippen LogP contribution in [-0.4, -0.2) is 70.4 Å². The van der Waals surface area contributed by atoms with Crippen LogP contribution in [0.2, 0.25) is 5.02 Å². The predicted molar refractivity (Wildman–Crippen MR) is 192 cm³/mol. The second-order valence-corrected chi connectivity index (χ2v) is 13.3. The number of halogens is 1. The number of Topliss-reactive ketones (excluding diaryl/α,β-unsaturated/α-hetero) is 1. The molecule has 2 bridgehead atoms. The van der Waals surface area contributed by atoms with Crippen LogP contribution in [-0.2, 0) is 13.1 Å². The van der Waals surface area contributed by atoms with E-state index in [9.17, 15) is 9.59 Å². The van der Waals surface area contributed by atoms with E-state index in [4.69, 9.17) is 16.3 Å². The average Bonchev–Trinajstić information content (AvgIpc) is 3.54. The van der Waals surface area contributed by atoms with Crippen LogP contribution < -0.4 is 10.1 Å². The first-order chi connectivity index (χ1) is 22.7. The number of carbonyl (C=O) groups excluding carboxylic acids is 2. The fourth-order valence-electron chi connectivity index (χ4n) is 7.06. The van der Waals surface area contributed by atoms with E-state index in [2.05, 4.69) is 38.7 Å². The molecule has 2 aliphatic heterocycles. The van der Waals surface area contributed by atoms with Crippen LogP contribution in [0.1, 0.15) is 78.8 Å².